The lowest BCUT2D eigenvalue weighted by atomic mass is 10.1. The molecule has 0 unspecified atom stereocenters. The molecule has 0 bridgehead atoms. The molecule has 0 radical (unpaired) electrons. The number of nitrogens with one attached hydrogen (secondary N) is 2. The van der Waals surface area contributed by atoms with Gasteiger partial charge in [0.25, 0.3) is 0 Å². The van der Waals surface area contributed by atoms with Crippen molar-refractivity contribution in [1.29, 1.82) is 0 Å². The highest BCUT2D eigenvalue weighted by molar-refractivity contribution is 6.00. The zero-order valence-electron chi connectivity index (χ0n) is 16.9. The third kappa shape index (κ3) is 6.05. The van der Waals surface area contributed by atoms with E-state index >= 15 is 0 Å². The molecule has 0 aliphatic carbocycles. The summed E-state index contributed by atoms with van der Waals surface area (Å²) in [6.07, 6.45) is 0.272. The van der Waals surface area contributed by atoms with Gasteiger partial charge in [-0.25, -0.2) is 4.79 Å². The maximum atomic E-state index is 12.5. The SMILES string of the molecule is Cc1ccccc1NC(=O)Nc1ccc(CC(=O)N2CCN(CC(=O)O)CC2)cc1. The first-order chi connectivity index (χ1) is 14.4. The molecule has 3 amide bonds. The monoisotopic (exact) mass is 410 g/mol. The van der Waals surface area contributed by atoms with Gasteiger partial charge in [0.15, 0.2) is 0 Å². The summed E-state index contributed by atoms with van der Waals surface area (Å²) in [6, 6.07) is 14.4. The van der Waals surface area contributed by atoms with E-state index in [1.54, 1.807) is 17.0 Å². The van der Waals surface area contributed by atoms with Gasteiger partial charge in [-0.3, -0.25) is 14.5 Å². The molecule has 2 aromatic carbocycles. The first-order valence-electron chi connectivity index (χ1n) is 9.85. The number of carboxylic acids is 1. The summed E-state index contributed by atoms with van der Waals surface area (Å²) in [5, 5.41) is 14.4. The van der Waals surface area contributed by atoms with Crippen molar-refractivity contribution in [3.63, 3.8) is 0 Å². The van der Waals surface area contributed by atoms with Crippen molar-refractivity contribution in [1.82, 2.24) is 9.80 Å². The first-order valence-corrected chi connectivity index (χ1v) is 9.85. The number of hydrogen-bond acceptors (Lipinski definition) is 4. The Labute approximate surface area is 175 Å². The molecule has 0 atom stereocenters. The number of nitrogens with zero attached hydrogens (tertiary/aromatic N) is 2. The lowest BCUT2D eigenvalue weighted by Gasteiger charge is -2.33. The Morgan fingerprint density at radius 3 is 2.23 bits per heavy atom. The van der Waals surface area contributed by atoms with Gasteiger partial charge in [-0.15, -0.1) is 0 Å². The lowest BCUT2D eigenvalue weighted by Crippen LogP contribution is -2.50. The van der Waals surface area contributed by atoms with E-state index in [1.165, 1.54) is 0 Å². The van der Waals surface area contributed by atoms with Gasteiger partial charge in [-0.1, -0.05) is 30.3 Å². The van der Waals surface area contributed by atoms with E-state index in [9.17, 15) is 14.4 Å². The number of urea groups is 1. The number of benzene rings is 2. The minimum atomic E-state index is -0.851. The molecule has 3 rings (SSSR count). The maximum Gasteiger partial charge on any atom is 0.323 e. The predicted octanol–water partition coefficient (Wildman–Crippen LogP) is 2.41. The number of rotatable bonds is 6. The number of aliphatic carboxylic acids is 1. The van der Waals surface area contributed by atoms with Gasteiger partial charge in [0.2, 0.25) is 5.91 Å². The molecule has 158 valence electrons. The Hall–Kier alpha value is -3.39. The Kier molecular flexibility index (Phi) is 7.03. The van der Waals surface area contributed by atoms with E-state index in [0.29, 0.717) is 31.9 Å². The number of carbonyl (C=O) groups excluding carboxylic acids is 2. The highest BCUT2D eigenvalue weighted by Gasteiger charge is 2.22. The molecular weight excluding hydrogens is 384 g/mol. The Morgan fingerprint density at radius 1 is 0.933 bits per heavy atom. The van der Waals surface area contributed by atoms with Crippen LogP contribution in [0.3, 0.4) is 0 Å². The first kappa shape index (κ1) is 21.3. The zero-order chi connectivity index (χ0) is 21.5. The predicted molar refractivity (Wildman–Crippen MR) is 115 cm³/mol. The average molecular weight is 410 g/mol. The summed E-state index contributed by atoms with van der Waals surface area (Å²) in [7, 11) is 0. The van der Waals surface area contributed by atoms with Gasteiger partial charge in [-0.2, -0.15) is 0 Å². The van der Waals surface area contributed by atoms with Crippen molar-refractivity contribution in [3.8, 4) is 0 Å². The molecule has 1 aliphatic heterocycles. The molecule has 1 aliphatic rings. The van der Waals surface area contributed by atoms with E-state index in [-0.39, 0.29) is 24.9 Å². The number of amides is 3. The van der Waals surface area contributed by atoms with E-state index in [4.69, 9.17) is 5.11 Å². The number of carboxylic acid groups (broad SMARTS) is 1. The lowest BCUT2D eigenvalue weighted by molar-refractivity contribution is -0.139. The number of anilines is 2. The normalized spacial score (nSPS) is 14.2. The summed E-state index contributed by atoms with van der Waals surface area (Å²) in [6.45, 7) is 4.13. The van der Waals surface area contributed by atoms with Crippen molar-refractivity contribution in [2.75, 3.05) is 43.4 Å². The van der Waals surface area contributed by atoms with Crippen LogP contribution in [0.5, 0.6) is 0 Å². The molecular formula is C22H26N4O4. The van der Waals surface area contributed by atoms with Crippen molar-refractivity contribution < 1.29 is 19.5 Å². The van der Waals surface area contributed by atoms with E-state index in [0.717, 1.165) is 16.8 Å². The third-order valence-corrected chi connectivity index (χ3v) is 5.04. The second-order valence-corrected chi connectivity index (χ2v) is 7.32. The van der Waals surface area contributed by atoms with Gasteiger partial charge in [-0.05, 0) is 36.2 Å². The second kappa shape index (κ2) is 9.89. The van der Waals surface area contributed by atoms with Crippen LogP contribution in [0, 0.1) is 6.92 Å². The molecule has 2 aromatic rings. The molecule has 1 fully saturated rings. The van der Waals surface area contributed by atoms with Crippen LogP contribution in [-0.2, 0) is 16.0 Å². The fraction of sp³-hybridized carbons (Fsp3) is 0.318. The van der Waals surface area contributed by atoms with Crippen molar-refractivity contribution in [2.24, 2.45) is 0 Å². The topological polar surface area (TPSA) is 102 Å². The highest BCUT2D eigenvalue weighted by Crippen LogP contribution is 2.15. The molecule has 0 saturated carbocycles. The van der Waals surface area contributed by atoms with Crippen LogP contribution in [-0.4, -0.2) is 65.5 Å². The van der Waals surface area contributed by atoms with Gasteiger partial charge in [0.1, 0.15) is 0 Å². The summed E-state index contributed by atoms with van der Waals surface area (Å²) in [5.74, 6) is -0.834. The number of aryl methyl sites for hydroxylation is 1. The molecule has 1 saturated heterocycles. The van der Waals surface area contributed by atoms with E-state index < -0.39 is 5.97 Å². The Bertz CT molecular complexity index is 906. The minimum absolute atomic E-state index is 0.00785. The van der Waals surface area contributed by atoms with Crippen molar-refractivity contribution in [2.45, 2.75) is 13.3 Å². The van der Waals surface area contributed by atoms with Crippen LogP contribution in [0.25, 0.3) is 0 Å². The number of carbonyl (C=O) groups is 3. The molecule has 1 heterocycles. The molecule has 8 heteroatoms. The Morgan fingerprint density at radius 2 is 1.60 bits per heavy atom. The summed E-state index contributed by atoms with van der Waals surface area (Å²) < 4.78 is 0. The number of hydrogen-bond donors (Lipinski definition) is 3. The van der Waals surface area contributed by atoms with Crippen molar-refractivity contribution >= 4 is 29.3 Å². The van der Waals surface area contributed by atoms with Crippen LogP contribution in [0.1, 0.15) is 11.1 Å². The number of piperazine rings is 1. The maximum absolute atomic E-state index is 12.5. The molecule has 0 spiro atoms. The number of para-hydroxylation sites is 1. The van der Waals surface area contributed by atoms with Crippen LogP contribution in [0.15, 0.2) is 48.5 Å². The van der Waals surface area contributed by atoms with E-state index in [2.05, 4.69) is 10.6 Å². The highest BCUT2D eigenvalue weighted by atomic mass is 16.4. The smallest absolute Gasteiger partial charge is 0.323 e. The molecule has 3 N–H and O–H groups in total. The zero-order valence-corrected chi connectivity index (χ0v) is 16.9. The van der Waals surface area contributed by atoms with Crippen LogP contribution in [0.2, 0.25) is 0 Å². The van der Waals surface area contributed by atoms with Gasteiger partial charge in [0, 0.05) is 37.6 Å². The van der Waals surface area contributed by atoms with Crippen molar-refractivity contribution in [3.05, 3.63) is 59.7 Å². The van der Waals surface area contributed by atoms with E-state index in [1.807, 2.05) is 48.2 Å². The van der Waals surface area contributed by atoms with Crippen LogP contribution in [0.4, 0.5) is 16.2 Å². The molecule has 30 heavy (non-hydrogen) atoms. The summed E-state index contributed by atoms with van der Waals surface area (Å²) in [4.78, 5) is 39.0. The summed E-state index contributed by atoms with van der Waals surface area (Å²) in [5.41, 5.74) is 3.23. The standard InChI is InChI=1S/C22H26N4O4/c1-16-4-2-3-5-19(16)24-22(30)23-18-8-6-17(7-9-18)14-20(27)26-12-10-25(11-13-26)15-21(28)29/h2-9H,10-15H2,1H3,(H,28,29)(H2,23,24,30). The minimum Gasteiger partial charge on any atom is -0.480 e. The van der Waals surface area contributed by atoms with Gasteiger partial charge in [0.05, 0.1) is 13.0 Å². The fourth-order valence-corrected chi connectivity index (χ4v) is 3.34. The largest absolute Gasteiger partial charge is 0.480 e. The molecule has 0 aromatic heterocycles. The quantitative estimate of drug-likeness (QED) is 0.679. The van der Waals surface area contributed by atoms with Crippen LogP contribution < -0.4 is 10.6 Å². The third-order valence-electron chi connectivity index (χ3n) is 5.04. The van der Waals surface area contributed by atoms with Gasteiger partial charge >= 0.3 is 12.0 Å². The summed E-state index contributed by atoms with van der Waals surface area (Å²) >= 11 is 0. The average Bonchev–Trinajstić information content (AvgIpc) is 2.71. The second-order valence-electron chi connectivity index (χ2n) is 7.32. The van der Waals surface area contributed by atoms with Gasteiger partial charge < -0.3 is 20.6 Å². The van der Waals surface area contributed by atoms with Crippen LogP contribution >= 0.6 is 0 Å². The fourth-order valence-electron chi connectivity index (χ4n) is 3.34. The Balaban J connectivity index is 1.47. The molecule has 8 nitrogen and oxygen atoms in total.